The zero-order valence-electron chi connectivity index (χ0n) is 12.8. The summed E-state index contributed by atoms with van der Waals surface area (Å²) in [6.45, 7) is 2.39. The largest absolute Gasteiger partial charge is 0.507 e. The minimum absolute atomic E-state index is 0.121. The monoisotopic (exact) mass is 329 g/mol. The molecule has 1 amide bonds. The van der Waals surface area contributed by atoms with Crippen molar-refractivity contribution >= 4 is 17.8 Å². The maximum Gasteiger partial charge on any atom is 0.271 e. The van der Waals surface area contributed by atoms with Crippen molar-refractivity contribution in [3.05, 3.63) is 63.7 Å². The molecule has 0 atom stereocenters. The molecule has 0 unspecified atom stereocenters. The molecule has 8 nitrogen and oxygen atoms in total. The fourth-order valence-corrected chi connectivity index (χ4v) is 1.85. The minimum Gasteiger partial charge on any atom is -0.507 e. The summed E-state index contributed by atoms with van der Waals surface area (Å²) in [6, 6.07) is 10.0. The van der Waals surface area contributed by atoms with Crippen molar-refractivity contribution in [2.24, 2.45) is 5.10 Å². The third-order valence-corrected chi connectivity index (χ3v) is 3.02. The molecular formula is C16H15N3O5. The second kappa shape index (κ2) is 7.73. The van der Waals surface area contributed by atoms with Crippen molar-refractivity contribution in [2.45, 2.75) is 6.92 Å². The molecule has 2 aromatic rings. The Morgan fingerprint density at radius 2 is 2.04 bits per heavy atom. The second-order valence-corrected chi connectivity index (χ2v) is 4.66. The van der Waals surface area contributed by atoms with E-state index >= 15 is 0 Å². The molecule has 8 heteroatoms. The SMILES string of the molecule is CCOc1ccc(C(=O)N/N=C\c2cc([N+](=O)[O-])ccc2O)cc1. The van der Waals surface area contributed by atoms with Crippen molar-refractivity contribution in [3.63, 3.8) is 0 Å². The van der Waals surface area contributed by atoms with Gasteiger partial charge in [-0.1, -0.05) is 0 Å². The normalized spacial score (nSPS) is 10.5. The third kappa shape index (κ3) is 4.29. The maximum absolute atomic E-state index is 11.9. The Morgan fingerprint density at radius 3 is 2.67 bits per heavy atom. The van der Waals surface area contributed by atoms with Gasteiger partial charge in [0.15, 0.2) is 0 Å². The van der Waals surface area contributed by atoms with E-state index in [0.29, 0.717) is 17.9 Å². The molecular weight excluding hydrogens is 314 g/mol. The lowest BCUT2D eigenvalue weighted by Crippen LogP contribution is -2.17. The van der Waals surface area contributed by atoms with Gasteiger partial charge >= 0.3 is 0 Å². The van der Waals surface area contributed by atoms with Crippen LogP contribution in [0.4, 0.5) is 5.69 Å². The van der Waals surface area contributed by atoms with E-state index in [-0.39, 0.29) is 17.0 Å². The zero-order valence-corrected chi connectivity index (χ0v) is 12.8. The summed E-state index contributed by atoms with van der Waals surface area (Å²) in [6.07, 6.45) is 1.13. The number of carbonyl (C=O) groups is 1. The number of carbonyl (C=O) groups excluding carboxylic acids is 1. The minimum atomic E-state index is -0.588. The average molecular weight is 329 g/mol. The van der Waals surface area contributed by atoms with Gasteiger partial charge in [-0.25, -0.2) is 5.43 Å². The number of phenolic OH excluding ortho intramolecular Hbond substituents is 1. The van der Waals surface area contributed by atoms with Gasteiger partial charge in [0.05, 0.1) is 17.7 Å². The van der Waals surface area contributed by atoms with Gasteiger partial charge in [-0.15, -0.1) is 0 Å². The van der Waals surface area contributed by atoms with E-state index in [1.165, 1.54) is 12.1 Å². The van der Waals surface area contributed by atoms with Crippen LogP contribution in [0.1, 0.15) is 22.8 Å². The number of rotatable bonds is 6. The van der Waals surface area contributed by atoms with Gasteiger partial charge < -0.3 is 9.84 Å². The Hall–Kier alpha value is -3.42. The molecule has 0 aliphatic rings. The van der Waals surface area contributed by atoms with E-state index in [2.05, 4.69) is 10.5 Å². The number of nitro benzene ring substituents is 1. The molecule has 0 spiro atoms. The highest BCUT2D eigenvalue weighted by molar-refractivity contribution is 5.95. The zero-order chi connectivity index (χ0) is 17.5. The molecule has 0 aliphatic heterocycles. The van der Waals surface area contributed by atoms with Crippen LogP contribution in [0.3, 0.4) is 0 Å². The lowest BCUT2D eigenvalue weighted by atomic mass is 10.2. The summed E-state index contributed by atoms with van der Waals surface area (Å²) < 4.78 is 5.28. The molecule has 0 aromatic heterocycles. The first kappa shape index (κ1) is 16.9. The Kier molecular flexibility index (Phi) is 5.45. The van der Waals surface area contributed by atoms with Crippen molar-refractivity contribution in [2.75, 3.05) is 6.61 Å². The van der Waals surface area contributed by atoms with E-state index in [1.807, 2.05) is 6.92 Å². The van der Waals surface area contributed by atoms with Crippen LogP contribution in [0.5, 0.6) is 11.5 Å². The highest BCUT2D eigenvalue weighted by Gasteiger charge is 2.09. The van der Waals surface area contributed by atoms with E-state index in [0.717, 1.165) is 12.3 Å². The predicted molar refractivity (Wildman–Crippen MR) is 87.4 cm³/mol. The van der Waals surface area contributed by atoms with Crippen molar-refractivity contribution in [3.8, 4) is 11.5 Å². The molecule has 0 aliphatic carbocycles. The van der Waals surface area contributed by atoms with E-state index in [9.17, 15) is 20.0 Å². The van der Waals surface area contributed by atoms with Crippen LogP contribution in [-0.4, -0.2) is 28.8 Å². The number of nitrogens with zero attached hydrogens (tertiary/aromatic N) is 2. The van der Waals surface area contributed by atoms with Gasteiger partial charge in [0.2, 0.25) is 0 Å². The first-order chi connectivity index (χ1) is 11.5. The average Bonchev–Trinajstić information content (AvgIpc) is 2.57. The second-order valence-electron chi connectivity index (χ2n) is 4.66. The first-order valence-corrected chi connectivity index (χ1v) is 7.05. The molecule has 24 heavy (non-hydrogen) atoms. The number of ether oxygens (including phenoxy) is 1. The Bertz CT molecular complexity index is 772. The molecule has 0 fully saturated rings. The maximum atomic E-state index is 11.9. The summed E-state index contributed by atoms with van der Waals surface area (Å²) in [4.78, 5) is 22.0. The summed E-state index contributed by atoms with van der Waals surface area (Å²) in [7, 11) is 0. The standard InChI is InChI=1S/C16H15N3O5/c1-2-24-14-6-3-11(4-7-14)16(21)18-17-10-12-9-13(19(22)23)5-8-15(12)20/h3-10,20H,2H2,1H3,(H,18,21)/b17-10-. The number of hydrogen-bond donors (Lipinski definition) is 2. The van der Waals surface area contributed by atoms with Gasteiger partial charge in [0.25, 0.3) is 11.6 Å². The van der Waals surface area contributed by atoms with E-state index in [1.54, 1.807) is 24.3 Å². The summed E-state index contributed by atoms with van der Waals surface area (Å²) in [5.74, 6) is 0.0120. The molecule has 0 bridgehead atoms. The molecule has 2 aromatic carbocycles. The first-order valence-electron chi connectivity index (χ1n) is 7.05. The number of hydrazone groups is 1. The number of phenols is 1. The molecule has 0 radical (unpaired) electrons. The Balaban J connectivity index is 2.04. The Labute approximate surface area is 137 Å². The van der Waals surface area contributed by atoms with Crippen molar-refractivity contribution in [1.82, 2.24) is 5.43 Å². The number of nitrogens with one attached hydrogen (secondary N) is 1. The molecule has 0 saturated heterocycles. The van der Waals surface area contributed by atoms with Gasteiger partial charge in [-0.2, -0.15) is 5.10 Å². The van der Waals surface area contributed by atoms with Crippen LogP contribution in [0.2, 0.25) is 0 Å². The predicted octanol–water partition coefficient (Wildman–Crippen LogP) is 2.46. The third-order valence-electron chi connectivity index (χ3n) is 3.02. The summed E-state index contributed by atoms with van der Waals surface area (Å²) in [5, 5.41) is 24.0. The van der Waals surface area contributed by atoms with Crippen LogP contribution in [0.25, 0.3) is 0 Å². The molecule has 0 heterocycles. The molecule has 2 N–H and O–H groups in total. The summed E-state index contributed by atoms with van der Waals surface area (Å²) in [5.41, 5.74) is 2.59. The number of benzene rings is 2. The van der Waals surface area contributed by atoms with E-state index in [4.69, 9.17) is 4.74 Å². The highest BCUT2D eigenvalue weighted by Crippen LogP contribution is 2.21. The van der Waals surface area contributed by atoms with Crippen LogP contribution in [0.15, 0.2) is 47.6 Å². The number of hydrogen-bond acceptors (Lipinski definition) is 6. The van der Waals surface area contributed by atoms with Gasteiger partial charge in [-0.3, -0.25) is 14.9 Å². The fourth-order valence-electron chi connectivity index (χ4n) is 1.85. The molecule has 0 saturated carbocycles. The number of amides is 1. The molecule has 2 rings (SSSR count). The lowest BCUT2D eigenvalue weighted by molar-refractivity contribution is -0.384. The van der Waals surface area contributed by atoms with Gasteiger partial charge in [-0.05, 0) is 37.3 Å². The van der Waals surface area contributed by atoms with Gasteiger partial charge in [0, 0.05) is 23.3 Å². The van der Waals surface area contributed by atoms with Crippen LogP contribution < -0.4 is 10.2 Å². The van der Waals surface area contributed by atoms with Gasteiger partial charge in [0.1, 0.15) is 11.5 Å². The fraction of sp³-hybridized carbons (Fsp3) is 0.125. The van der Waals surface area contributed by atoms with Crippen molar-refractivity contribution in [1.29, 1.82) is 0 Å². The van der Waals surface area contributed by atoms with Crippen LogP contribution >= 0.6 is 0 Å². The lowest BCUT2D eigenvalue weighted by Gasteiger charge is -2.04. The van der Waals surface area contributed by atoms with Crippen LogP contribution in [0, 0.1) is 10.1 Å². The number of nitro groups is 1. The summed E-state index contributed by atoms with van der Waals surface area (Å²) >= 11 is 0. The molecule has 124 valence electrons. The van der Waals surface area contributed by atoms with Crippen molar-refractivity contribution < 1.29 is 19.6 Å². The quantitative estimate of drug-likeness (QED) is 0.480. The number of non-ortho nitro benzene ring substituents is 1. The topological polar surface area (TPSA) is 114 Å². The van der Waals surface area contributed by atoms with E-state index < -0.39 is 10.8 Å². The Morgan fingerprint density at radius 1 is 1.33 bits per heavy atom. The number of aromatic hydroxyl groups is 1. The highest BCUT2D eigenvalue weighted by atomic mass is 16.6. The van der Waals surface area contributed by atoms with Crippen LogP contribution in [-0.2, 0) is 0 Å². The smallest absolute Gasteiger partial charge is 0.271 e.